The third-order valence-electron chi connectivity index (χ3n) is 5.75. The maximum atomic E-state index is 12.3. The molecule has 2 saturated heterocycles. The van der Waals surface area contributed by atoms with E-state index in [2.05, 4.69) is 35.4 Å². The molecular formula is C19H27N7O. The Morgan fingerprint density at radius 2 is 2.15 bits per heavy atom. The fourth-order valence-electron chi connectivity index (χ4n) is 4.40. The van der Waals surface area contributed by atoms with Crippen LogP contribution >= 0.6 is 0 Å². The second-order valence-electron chi connectivity index (χ2n) is 7.51. The molecule has 2 aliphatic rings. The number of hydrogen-bond acceptors (Lipinski definition) is 6. The molecule has 2 aromatic heterocycles. The van der Waals surface area contributed by atoms with Crippen molar-refractivity contribution in [2.75, 3.05) is 13.1 Å². The lowest BCUT2D eigenvalue weighted by molar-refractivity contribution is -0.121. The molecule has 2 atom stereocenters. The van der Waals surface area contributed by atoms with Crippen molar-refractivity contribution in [3.8, 4) is 11.5 Å². The van der Waals surface area contributed by atoms with Crippen LogP contribution in [0.2, 0.25) is 0 Å². The summed E-state index contributed by atoms with van der Waals surface area (Å²) in [7, 11) is 0. The molecule has 0 aliphatic carbocycles. The third-order valence-corrected chi connectivity index (χ3v) is 5.75. The van der Waals surface area contributed by atoms with Gasteiger partial charge in [-0.2, -0.15) is 5.10 Å². The molecule has 27 heavy (non-hydrogen) atoms. The van der Waals surface area contributed by atoms with Crippen LogP contribution in [0.25, 0.3) is 11.5 Å². The summed E-state index contributed by atoms with van der Waals surface area (Å²) >= 11 is 0. The van der Waals surface area contributed by atoms with Gasteiger partial charge in [0.15, 0.2) is 0 Å². The van der Waals surface area contributed by atoms with Crippen LogP contribution in [0.3, 0.4) is 0 Å². The van der Waals surface area contributed by atoms with Crippen molar-refractivity contribution in [3.63, 3.8) is 0 Å². The summed E-state index contributed by atoms with van der Waals surface area (Å²) in [5.41, 5.74) is 0.612. The van der Waals surface area contributed by atoms with Crippen molar-refractivity contribution in [3.05, 3.63) is 24.4 Å². The molecule has 144 valence electrons. The Labute approximate surface area is 159 Å². The van der Waals surface area contributed by atoms with Crippen molar-refractivity contribution in [2.24, 2.45) is 5.92 Å². The van der Waals surface area contributed by atoms with Gasteiger partial charge in [0.2, 0.25) is 11.7 Å². The number of aromatic nitrogens is 5. The Kier molecular flexibility index (Phi) is 5.72. The number of aromatic amines is 1. The number of piperidine rings is 2. The van der Waals surface area contributed by atoms with Crippen molar-refractivity contribution in [2.45, 2.75) is 57.5 Å². The molecule has 1 amide bonds. The molecule has 2 N–H and O–H groups in total. The predicted octanol–water partition coefficient (Wildman–Crippen LogP) is 1.92. The number of H-pyrrole nitrogens is 1. The van der Waals surface area contributed by atoms with Crippen LogP contribution in [0, 0.1) is 5.92 Å². The maximum Gasteiger partial charge on any atom is 0.220 e. The molecule has 0 spiro atoms. The van der Waals surface area contributed by atoms with Crippen LogP contribution in [0.1, 0.15) is 50.8 Å². The van der Waals surface area contributed by atoms with E-state index < -0.39 is 0 Å². The molecule has 4 rings (SSSR count). The minimum Gasteiger partial charge on any atom is -0.349 e. The summed E-state index contributed by atoms with van der Waals surface area (Å²) in [5.74, 6) is 1.87. The number of hydrogen-bond donors (Lipinski definition) is 2. The molecule has 2 aromatic rings. The first kappa shape index (κ1) is 18.0. The lowest BCUT2D eigenvalue weighted by Gasteiger charge is -2.44. The molecule has 0 bridgehead atoms. The van der Waals surface area contributed by atoms with E-state index in [1.165, 1.54) is 45.2 Å². The normalized spacial score (nSPS) is 23.0. The summed E-state index contributed by atoms with van der Waals surface area (Å²) in [6.07, 6.45) is 12.9. The monoisotopic (exact) mass is 369 g/mol. The lowest BCUT2D eigenvalue weighted by Crippen LogP contribution is -2.48. The largest absolute Gasteiger partial charge is 0.349 e. The van der Waals surface area contributed by atoms with Crippen molar-refractivity contribution in [1.82, 2.24) is 35.4 Å². The lowest BCUT2D eigenvalue weighted by atomic mass is 9.81. The summed E-state index contributed by atoms with van der Waals surface area (Å²) in [6.45, 7) is 2.84. The summed E-state index contributed by atoms with van der Waals surface area (Å²) in [6, 6.07) is 0.698. The van der Waals surface area contributed by atoms with Gasteiger partial charge in [-0.15, -0.1) is 0 Å². The Morgan fingerprint density at radius 1 is 1.22 bits per heavy atom. The van der Waals surface area contributed by atoms with Gasteiger partial charge in [0.05, 0.1) is 12.7 Å². The Bertz CT molecular complexity index is 746. The molecule has 8 nitrogen and oxygen atoms in total. The number of rotatable bonds is 6. The second kappa shape index (κ2) is 8.56. The first-order valence-corrected chi connectivity index (χ1v) is 9.98. The van der Waals surface area contributed by atoms with Gasteiger partial charge < -0.3 is 10.2 Å². The van der Waals surface area contributed by atoms with E-state index in [0.717, 1.165) is 6.42 Å². The van der Waals surface area contributed by atoms with E-state index in [4.69, 9.17) is 0 Å². The average Bonchev–Trinajstić information content (AvgIpc) is 3.20. The van der Waals surface area contributed by atoms with Crippen LogP contribution in [0.5, 0.6) is 0 Å². The zero-order valence-corrected chi connectivity index (χ0v) is 15.6. The predicted molar refractivity (Wildman–Crippen MR) is 100 cm³/mol. The topological polar surface area (TPSA) is 99.7 Å². The zero-order valence-electron chi connectivity index (χ0n) is 15.6. The summed E-state index contributed by atoms with van der Waals surface area (Å²) in [5, 5.41) is 9.94. The molecule has 0 aromatic carbocycles. The molecule has 0 radical (unpaired) electrons. The van der Waals surface area contributed by atoms with Crippen LogP contribution in [0.4, 0.5) is 0 Å². The molecule has 2 fully saturated rings. The highest BCUT2D eigenvalue weighted by Crippen LogP contribution is 2.33. The molecular weight excluding hydrogens is 342 g/mol. The van der Waals surface area contributed by atoms with Gasteiger partial charge in [0.1, 0.15) is 11.5 Å². The minimum atomic E-state index is 0.0837. The van der Waals surface area contributed by atoms with Crippen LogP contribution < -0.4 is 5.32 Å². The number of carbonyl (C=O) groups excluding carboxylic acids is 1. The van der Waals surface area contributed by atoms with Gasteiger partial charge in [-0.05, 0) is 51.1 Å². The Balaban J connectivity index is 1.24. The highest BCUT2D eigenvalue weighted by molar-refractivity contribution is 5.75. The van der Waals surface area contributed by atoms with E-state index in [1.807, 2.05) is 0 Å². The fourth-order valence-corrected chi connectivity index (χ4v) is 4.40. The van der Waals surface area contributed by atoms with E-state index >= 15 is 0 Å². The van der Waals surface area contributed by atoms with Crippen LogP contribution in [0.15, 0.2) is 18.6 Å². The highest BCUT2D eigenvalue weighted by Gasteiger charge is 2.32. The van der Waals surface area contributed by atoms with E-state index in [1.54, 1.807) is 18.6 Å². The first-order valence-electron chi connectivity index (χ1n) is 9.98. The molecule has 2 aliphatic heterocycles. The number of nitrogens with one attached hydrogen (secondary N) is 2. The second-order valence-corrected chi connectivity index (χ2v) is 7.51. The van der Waals surface area contributed by atoms with E-state index in [-0.39, 0.29) is 5.91 Å². The van der Waals surface area contributed by atoms with Crippen molar-refractivity contribution < 1.29 is 4.79 Å². The standard InChI is InChI=1S/C19H27N7O/c27-18(7-6-14-4-3-11-26-10-2-1-5-16(14)26)22-13-17-23-19(25-24-17)15-12-20-8-9-21-15/h8-9,12,14,16H,1-7,10-11,13H2,(H,22,27)(H,23,24,25)/t14?,16-/m0/s1. The van der Waals surface area contributed by atoms with Gasteiger partial charge in [-0.25, -0.2) is 9.97 Å². The maximum absolute atomic E-state index is 12.3. The van der Waals surface area contributed by atoms with Gasteiger partial charge >= 0.3 is 0 Å². The smallest absolute Gasteiger partial charge is 0.220 e. The van der Waals surface area contributed by atoms with Gasteiger partial charge in [-0.1, -0.05) is 6.42 Å². The van der Waals surface area contributed by atoms with Gasteiger partial charge in [0.25, 0.3) is 0 Å². The summed E-state index contributed by atoms with van der Waals surface area (Å²) in [4.78, 5) is 27.5. The van der Waals surface area contributed by atoms with E-state index in [0.29, 0.717) is 42.3 Å². The van der Waals surface area contributed by atoms with Crippen molar-refractivity contribution in [1.29, 1.82) is 0 Å². The third kappa shape index (κ3) is 4.50. The van der Waals surface area contributed by atoms with Crippen molar-refractivity contribution >= 4 is 5.91 Å². The van der Waals surface area contributed by atoms with Gasteiger partial charge in [0, 0.05) is 24.9 Å². The Hall–Kier alpha value is -2.35. The van der Waals surface area contributed by atoms with Crippen LogP contribution in [-0.2, 0) is 11.3 Å². The summed E-state index contributed by atoms with van der Waals surface area (Å²) < 4.78 is 0. The van der Waals surface area contributed by atoms with Gasteiger partial charge in [-0.3, -0.25) is 14.9 Å². The molecule has 0 saturated carbocycles. The van der Waals surface area contributed by atoms with Crippen LogP contribution in [-0.4, -0.2) is 55.1 Å². The average molecular weight is 369 g/mol. The molecule has 4 heterocycles. The molecule has 1 unspecified atom stereocenters. The Morgan fingerprint density at radius 3 is 3.04 bits per heavy atom. The quantitative estimate of drug-likeness (QED) is 0.807. The SMILES string of the molecule is O=C(CCC1CCCN2CCCC[C@@H]12)NCc1nc(-c2cnccn2)n[nH]1. The molecule has 8 heteroatoms. The number of fused-ring (bicyclic) bond motifs is 1. The zero-order chi connectivity index (χ0) is 18.5. The number of amides is 1. The number of carbonyl (C=O) groups is 1. The number of nitrogens with zero attached hydrogens (tertiary/aromatic N) is 5. The fraction of sp³-hybridized carbons (Fsp3) is 0.632. The van der Waals surface area contributed by atoms with E-state index in [9.17, 15) is 4.79 Å². The first-order chi connectivity index (χ1) is 13.3. The minimum absolute atomic E-state index is 0.0837. The highest BCUT2D eigenvalue weighted by atomic mass is 16.1.